The van der Waals surface area contributed by atoms with Crippen molar-refractivity contribution >= 4 is 0 Å². The number of para-hydroxylation sites is 1. The van der Waals surface area contributed by atoms with Crippen molar-refractivity contribution in [2.75, 3.05) is 0 Å². The van der Waals surface area contributed by atoms with E-state index < -0.39 is 0 Å². The van der Waals surface area contributed by atoms with Gasteiger partial charge in [0.15, 0.2) is 0 Å². The van der Waals surface area contributed by atoms with E-state index in [1.54, 1.807) is 20.5 Å². The fourth-order valence-corrected chi connectivity index (χ4v) is 6.16. The summed E-state index contributed by atoms with van der Waals surface area (Å²) in [6.07, 6.45) is 9.12. The summed E-state index contributed by atoms with van der Waals surface area (Å²) in [5.41, 5.74) is 3.33. The van der Waals surface area contributed by atoms with Crippen molar-refractivity contribution in [2.45, 2.75) is 44.7 Å². The van der Waals surface area contributed by atoms with E-state index in [1.165, 1.54) is 17.4 Å². The van der Waals surface area contributed by atoms with E-state index in [9.17, 15) is 9.59 Å². The molecule has 0 N–H and O–H groups in total. The van der Waals surface area contributed by atoms with Crippen LogP contribution in [0.5, 0.6) is 0 Å². The molecule has 2 aromatic rings. The summed E-state index contributed by atoms with van der Waals surface area (Å²) < 4.78 is 4.79. The number of hydrogen-bond donors (Lipinski definition) is 0. The van der Waals surface area contributed by atoms with Crippen LogP contribution < -0.4 is 11.4 Å². The maximum absolute atomic E-state index is 13.3. The molecule has 0 spiro atoms. The van der Waals surface area contributed by atoms with Gasteiger partial charge in [-0.15, -0.1) is 0 Å². The Hall–Kier alpha value is -2.56. The quantitative estimate of drug-likeness (QED) is 0.745. The molecule has 132 valence electrons. The third-order valence-corrected chi connectivity index (χ3v) is 7.20. The lowest BCUT2D eigenvalue weighted by Gasteiger charge is -2.63. The van der Waals surface area contributed by atoms with Crippen LogP contribution in [-0.2, 0) is 0 Å². The molecule has 2 bridgehead atoms. The van der Waals surface area contributed by atoms with E-state index in [0.29, 0.717) is 11.6 Å². The maximum Gasteiger partial charge on any atom is 0.352 e. The average molecular weight is 347 g/mol. The molecule has 5 heteroatoms. The fourth-order valence-electron chi connectivity index (χ4n) is 6.16. The second-order valence-electron chi connectivity index (χ2n) is 8.22. The summed E-state index contributed by atoms with van der Waals surface area (Å²) in [6.45, 7) is 2.31. The molecule has 4 unspecified atom stereocenters. The molecule has 26 heavy (non-hydrogen) atoms. The Morgan fingerprint density at radius 1 is 0.962 bits per heavy atom. The van der Waals surface area contributed by atoms with Gasteiger partial charge < -0.3 is 0 Å². The summed E-state index contributed by atoms with van der Waals surface area (Å²) in [5.74, 6) is 0.372. The topological polar surface area (TPSA) is 48.9 Å². The van der Waals surface area contributed by atoms with Crippen molar-refractivity contribution in [3.63, 3.8) is 0 Å². The molecule has 3 aliphatic carbocycles. The third-order valence-electron chi connectivity index (χ3n) is 7.20. The molecular formula is C21H21N3O2. The van der Waals surface area contributed by atoms with E-state index in [2.05, 4.69) is 19.1 Å². The van der Waals surface area contributed by atoms with Crippen LogP contribution in [0.3, 0.4) is 0 Å². The van der Waals surface area contributed by atoms with Crippen LogP contribution in [0.1, 0.15) is 44.7 Å². The van der Waals surface area contributed by atoms with Gasteiger partial charge in [-0.2, -0.15) is 0 Å². The van der Waals surface area contributed by atoms with Gasteiger partial charge in [0.2, 0.25) is 0 Å². The summed E-state index contributed by atoms with van der Waals surface area (Å²) in [4.78, 5) is 26.5. The monoisotopic (exact) mass is 347 g/mol. The fraction of sp³-hybridized carbons (Fsp3) is 0.429. The third kappa shape index (κ3) is 1.42. The molecule has 0 saturated carbocycles. The normalized spacial score (nSPS) is 33.5. The zero-order valence-electron chi connectivity index (χ0n) is 14.8. The number of aromatic nitrogens is 3. The number of rotatable bonds is 1. The Morgan fingerprint density at radius 3 is 2.50 bits per heavy atom. The van der Waals surface area contributed by atoms with Crippen molar-refractivity contribution in [1.29, 1.82) is 0 Å². The molecule has 0 radical (unpaired) electrons. The van der Waals surface area contributed by atoms with Crippen molar-refractivity contribution in [1.82, 2.24) is 13.9 Å². The van der Waals surface area contributed by atoms with Gasteiger partial charge in [0.1, 0.15) is 0 Å². The van der Waals surface area contributed by atoms with Crippen molar-refractivity contribution in [2.24, 2.45) is 11.3 Å². The minimum absolute atomic E-state index is 0.00565. The van der Waals surface area contributed by atoms with Gasteiger partial charge in [-0.3, -0.25) is 0 Å². The SMILES string of the molecule is CC12C3=C(CCCC3)C1C1C=CC2n2c(=O)n(-c3ccccc3)c(=O)n21. The molecule has 0 fully saturated rings. The molecule has 0 saturated heterocycles. The second kappa shape index (κ2) is 4.58. The first-order valence-electron chi connectivity index (χ1n) is 9.56. The lowest BCUT2D eigenvalue weighted by atomic mass is 9.46. The number of hydrogen-bond acceptors (Lipinski definition) is 2. The first-order valence-corrected chi connectivity index (χ1v) is 9.56. The Labute approximate surface area is 150 Å². The van der Waals surface area contributed by atoms with Crippen LogP contribution >= 0.6 is 0 Å². The van der Waals surface area contributed by atoms with Gasteiger partial charge in [-0.1, -0.05) is 48.4 Å². The largest absolute Gasteiger partial charge is 0.352 e. The second-order valence-corrected chi connectivity index (χ2v) is 8.22. The van der Waals surface area contributed by atoms with Crippen LogP contribution in [0.4, 0.5) is 0 Å². The molecule has 7 rings (SSSR count). The summed E-state index contributed by atoms with van der Waals surface area (Å²) in [5, 5.41) is 0. The van der Waals surface area contributed by atoms with E-state index in [0.717, 1.165) is 12.8 Å². The lowest BCUT2D eigenvalue weighted by molar-refractivity contribution is 0.0188. The minimum atomic E-state index is -0.218. The Bertz CT molecular complexity index is 1110. The summed E-state index contributed by atoms with van der Waals surface area (Å²) in [7, 11) is 0. The molecule has 1 aromatic heterocycles. The van der Waals surface area contributed by atoms with E-state index in [1.807, 2.05) is 30.3 Å². The number of benzene rings is 1. The lowest BCUT2D eigenvalue weighted by Crippen LogP contribution is -2.60. The highest BCUT2D eigenvalue weighted by molar-refractivity contribution is 5.47. The van der Waals surface area contributed by atoms with Gasteiger partial charge >= 0.3 is 11.4 Å². The van der Waals surface area contributed by atoms with Crippen LogP contribution in [0.2, 0.25) is 0 Å². The zero-order chi connectivity index (χ0) is 17.6. The number of nitrogens with zero attached hydrogens (tertiary/aromatic N) is 3. The molecule has 5 nitrogen and oxygen atoms in total. The molecule has 3 heterocycles. The smallest absolute Gasteiger partial charge is 0.245 e. The van der Waals surface area contributed by atoms with Gasteiger partial charge in [0, 0.05) is 11.3 Å². The van der Waals surface area contributed by atoms with Gasteiger partial charge in [-0.05, 0) is 37.8 Å². The van der Waals surface area contributed by atoms with Gasteiger partial charge in [0.25, 0.3) is 0 Å². The van der Waals surface area contributed by atoms with Crippen LogP contribution in [0.25, 0.3) is 5.69 Å². The molecular weight excluding hydrogens is 326 g/mol. The Morgan fingerprint density at radius 2 is 1.69 bits per heavy atom. The highest BCUT2D eigenvalue weighted by Crippen LogP contribution is 2.68. The Kier molecular flexibility index (Phi) is 2.57. The Balaban J connectivity index is 1.61. The molecule has 2 aliphatic heterocycles. The predicted octanol–water partition coefficient (Wildman–Crippen LogP) is 2.97. The highest BCUT2D eigenvalue weighted by Gasteiger charge is 2.63. The van der Waals surface area contributed by atoms with Gasteiger partial charge in [-0.25, -0.2) is 23.5 Å². The average Bonchev–Trinajstić information content (AvgIpc) is 2.94. The van der Waals surface area contributed by atoms with E-state index in [-0.39, 0.29) is 28.9 Å². The predicted molar refractivity (Wildman–Crippen MR) is 98.6 cm³/mol. The molecule has 1 aromatic carbocycles. The first-order chi connectivity index (χ1) is 12.6. The van der Waals surface area contributed by atoms with Crippen molar-refractivity contribution < 1.29 is 0 Å². The van der Waals surface area contributed by atoms with Gasteiger partial charge in [0.05, 0.1) is 17.8 Å². The molecule has 0 amide bonds. The standard InChI is InChI=1S/C21H21N3O2/c1-21-15-10-6-5-9-14(15)18(21)16-11-12-17(21)24-20(26)22(19(25)23(16)24)13-7-3-2-4-8-13/h2-4,7-8,11-12,16-18H,5-6,9-10H2,1H3. The molecule has 5 aliphatic rings. The van der Waals surface area contributed by atoms with E-state index >= 15 is 0 Å². The van der Waals surface area contributed by atoms with E-state index in [4.69, 9.17) is 0 Å². The van der Waals surface area contributed by atoms with Crippen LogP contribution in [-0.4, -0.2) is 13.9 Å². The van der Waals surface area contributed by atoms with Crippen molar-refractivity contribution in [3.8, 4) is 5.69 Å². The summed E-state index contributed by atoms with van der Waals surface area (Å²) >= 11 is 0. The first kappa shape index (κ1) is 14.6. The number of allylic oxidation sites excluding steroid dienone is 4. The van der Waals surface area contributed by atoms with Crippen molar-refractivity contribution in [3.05, 3.63) is 74.6 Å². The van der Waals surface area contributed by atoms with Crippen LogP contribution in [0, 0.1) is 11.3 Å². The summed E-state index contributed by atoms with van der Waals surface area (Å²) in [6, 6.07) is 9.18. The molecule has 4 atom stereocenters. The maximum atomic E-state index is 13.3. The highest BCUT2D eigenvalue weighted by atomic mass is 16.2. The zero-order valence-corrected chi connectivity index (χ0v) is 14.8. The van der Waals surface area contributed by atoms with Crippen LogP contribution in [0.15, 0.2) is 63.2 Å². The minimum Gasteiger partial charge on any atom is -0.245 e.